The van der Waals surface area contributed by atoms with Crippen molar-refractivity contribution in [2.24, 2.45) is 0 Å². The lowest BCUT2D eigenvalue weighted by molar-refractivity contribution is -0.143. The fourth-order valence-corrected chi connectivity index (χ4v) is 1.43. The Balaban J connectivity index is 2.64. The predicted octanol–water partition coefficient (Wildman–Crippen LogP) is 1.43. The zero-order valence-corrected chi connectivity index (χ0v) is 9.57. The van der Waals surface area contributed by atoms with E-state index in [-0.39, 0.29) is 18.9 Å². The Hall–Kier alpha value is -1.55. The van der Waals surface area contributed by atoms with Gasteiger partial charge in [0.2, 0.25) is 5.91 Å². The van der Waals surface area contributed by atoms with Crippen molar-refractivity contribution >= 4 is 23.5 Å². The van der Waals surface area contributed by atoms with Crippen molar-refractivity contribution in [2.75, 3.05) is 13.6 Å². The van der Waals surface area contributed by atoms with Crippen LogP contribution in [0.2, 0.25) is 5.02 Å². The Bertz CT molecular complexity index is 406. The number of benzene rings is 1. The Morgan fingerprint density at radius 3 is 2.56 bits per heavy atom. The van der Waals surface area contributed by atoms with Gasteiger partial charge in [-0.25, -0.2) is 0 Å². The van der Waals surface area contributed by atoms with Crippen LogP contribution in [0.3, 0.4) is 0 Å². The number of hydrogen-bond donors (Lipinski definition) is 1. The molecule has 0 radical (unpaired) electrons. The van der Waals surface area contributed by atoms with Gasteiger partial charge in [0.15, 0.2) is 0 Å². The lowest BCUT2D eigenvalue weighted by atomic mass is 10.1. The first kappa shape index (κ1) is 12.5. The van der Waals surface area contributed by atoms with Gasteiger partial charge >= 0.3 is 5.97 Å². The molecule has 1 N–H and O–H groups in total. The maximum atomic E-state index is 11.6. The van der Waals surface area contributed by atoms with Gasteiger partial charge in [0.05, 0.1) is 6.42 Å². The van der Waals surface area contributed by atoms with E-state index in [2.05, 4.69) is 0 Å². The van der Waals surface area contributed by atoms with Crippen LogP contribution in [0, 0.1) is 0 Å². The third-order valence-electron chi connectivity index (χ3n) is 2.10. The molecule has 1 amide bonds. The lowest BCUT2D eigenvalue weighted by Crippen LogP contribution is -2.33. The smallest absolute Gasteiger partial charge is 0.323 e. The first-order chi connectivity index (χ1) is 7.50. The molecule has 0 atom stereocenters. The highest BCUT2D eigenvalue weighted by molar-refractivity contribution is 6.31. The third-order valence-corrected chi connectivity index (χ3v) is 2.47. The molecule has 0 spiro atoms. The van der Waals surface area contributed by atoms with E-state index in [0.29, 0.717) is 10.6 Å². The van der Waals surface area contributed by atoms with E-state index in [1.54, 1.807) is 24.3 Å². The second-order valence-electron chi connectivity index (χ2n) is 3.41. The molecule has 1 aromatic carbocycles. The molecule has 0 aromatic heterocycles. The summed E-state index contributed by atoms with van der Waals surface area (Å²) in [5.41, 5.74) is 0.700. The van der Waals surface area contributed by atoms with Crippen molar-refractivity contribution in [1.29, 1.82) is 0 Å². The number of carboxylic acid groups (broad SMARTS) is 1. The number of carbonyl (C=O) groups excluding carboxylic acids is 1. The van der Waals surface area contributed by atoms with E-state index in [0.717, 1.165) is 4.90 Å². The highest BCUT2D eigenvalue weighted by Gasteiger charge is 2.13. The number of rotatable bonds is 4. The summed E-state index contributed by atoms with van der Waals surface area (Å²) in [7, 11) is 1.45. The summed E-state index contributed by atoms with van der Waals surface area (Å²) in [5.74, 6) is -1.30. The van der Waals surface area contributed by atoms with Gasteiger partial charge in [-0.3, -0.25) is 9.59 Å². The number of carboxylic acids is 1. The predicted molar refractivity (Wildman–Crippen MR) is 60.4 cm³/mol. The molecule has 0 saturated heterocycles. The maximum Gasteiger partial charge on any atom is 0.323 e. The average Bonchev–Trinajstić information content (AvgIpc) is 2.20. The summed E-state index contributed by atoms with van der Waals surface area (Å²) in [6, 6.07) is 7.00. The quantitative estimate of drug-likeness (QED) is 0.868. The molecule has 0 fully saturated rings. The molecular formula is C11H12ClNO3. The number of carbonyl (C=O) groups is 2. The molecule has 1 aromatic rings. The monoisotopic (exact) mass is 241 g/mol. The molecule has 0 saturated carbocycles. The maximum absolute atomic E-state index is 11.6. The second-order valence-corrected chi connectivity index (χ2v) is 3.82. The van der Waals surface area contributed by atoms with Crippen LogP contribution in [-0.2, 0) is 16.0 Å². The van der Waals surface area contributed by atoms with Crippen LogP contribution in [0.15, 0.2) is 24.3 Å². The largest absolute Gasteiger partial charge is 0.480 e. The SMILES string of the molecule is CN(CC(=O)O)C(=O)Cc1ccccc1Cl. The van der Waals surface area contributed by atoms with E-state index in [9.17, 15) is 9.59 Å². The van der Waals surface area contributed by atoms with Crippen molar-refractivity contribution in [1.82, 2.24) is 4.90 Å². The summed E-state index contributed by atoms with van der Waals surface area (Å²) < 4.78 is 0. The van der Waals surface area contributed by atoms with E-state index in [1.807, 2.05) is 0 Å². The minimum atomic E-state index is -1.03. The van der Waals surface area contributed by atoms with Gasteiger partial charge < -0.3 is 10.0 Å². The summed E-state index contributed by atoms with van der Waals surface area (Å²) in [6.07, 6.45) is 0.115. The zero-order valence-electron chi connectivity index (χ0n) is 8.81. The molecule has 0 unspecified atom stereocenters. The van der Waals surface area contributed by atoms with Crippen molar-refractivity contribution in [3.8, 4) is 0 Å². The molecule has 0 aliphatic heterocycles. The molecule has 1 rings (SSSR count). The number of aliphatic carboxylic acids is 1. The molecular weight excluding hydrogens is 230 g/mol. The van der Waals surface area contributed by atoms with Crippen LogP contribution >= 0.6 is 11.6 Å². The summed E-state index contributed by atoms with van der Waals surface area (Å²) in [4.78, 5) is 23.2. The number of hydrogen-bond acceptors (Lipinski definition) is 2. The van der Waals surface area contributed by atoms with Crippen LogP contribution in [-0.4, -0.2) is 35.5 Å². The molecule has 0 aliphatic carbocycles. The van der Waals surface area contributed by atoms with E-state index in [1.165, 1.54) is 7.05 Å². The van der Waals surface area contributed by atoms with Crippen LogP contribution < -0.4 is 0 Å². The van der Waals surface area contributed by atoms with Crippen LogP contribution in [0.1, 0.15) is 5.56 Å². The topological polar surface area (TPSA) is 57.6 Å². The number of halogens is 1. The van der Waals surface area contributed by atoms with Gasteiger partial charge in [0.25, 0.3) is 0 Å². The van der Waals surface area contributed by atoms with E-state index < -0.39 is 5.97 Å². The van der Waals surface area contributed by atoms with Gasteiger partial charge in [-0.15, -0.1) is 0 Å². The molecule has 0 aliphatic rings. The molecule has 86 valence electrons. The van der Waals surface area contributed by atoms with Crippen LogP contribution in [0.4, 0.5) is 0 Å². The van der Waals surface area contributed by atoms with Gasteiger partial charge in [0, 0.05) is 12.1 Å². The minimum Gasteiger partial charge on any atom is -0.480 e. The van der Waals surface area contributed by atoms with Crippen molar-refractivity contribution in [3.63, 3.8) is 0 Å². The lowest BCUT2D eigenvalue weighted by Gasteiger charge is -2.14. The van der Waals surface area contributed by atoms with Gasteiger partial charge in [0.1, 0.15) is 6.54 Å². The van der Waals surface area contributed by atoms with Crippen molar-refractivity contribution in [3.05, 3.63) is 34.9 Å². The molecule has 16 heavy (non-hydrogen) atoms. The first-order valence-electron chi connectivity index (χ1n) is 4.70. The number of nitrogens with zero attached hydrogens (tertiary/aromatic N) is 1. The van der Waals surface area contributed by atoms with Gasteiger partial charge in [-0.2, -0.15) is 0 Å². The minimum absolute atomic E-state index is 0.115. The standard InChI is InChI=1S/C11H12ClNO3/c1-13(7-11(15)16)10(14)6-8-4-2-3-5-9(8)12/h2-5H,6-7H2,1H3,(H,15,16). The highest BCUT2D eigenvalue weighted by atomic mass is 35.5. The van der Waals surface area contributed by atoms with Gasteiger partial charge in [-0.05, 0) is 11.6 Å². The first-order valence-corrected chi connectivity index (χ1v) is 5.07. The fourth-order valence-electron chi connectivity index (χ4n) is 1.23. The van der Waals surface area contributed by atoms with E-state index >= 15 is 0 Å². The highest BCUT2D eigenvalue weighted by Crippen LogP contribution is 2.15. The van der Waals surface area contributed by atoms with E-state index in [4.69, 9.17) is 16.7 Å². The Kier molecular flexibility index (Phi) is 4.31. The Labute approximate surface area is 98.4 Å². The normalized spacial score (nSPS) is 9.88. The van der Waals surface area contributed by atoms with Crippen molar-refractivity contribution in [2.45, 2.75) is 6.42 Å². The summed E-state index contributed by atoms with van der Waals surface area (Å²) >= 11 is 5.89. The van der Waals surface area contributed by atoms with Crippen LogP contribution in [0.25, 0.3) is 0 Å². The molecule has 0 bridgehead atoms. The fraction of sp³-hybridized carbons (Fsp3) is 0.273. The zero-order chi connectivity index (χ0) is 12.1. The number of likely N-dealkylation sites (N-methyl/N-ethyl adjacent to an activating group) is 1. The summed E-state index contributed by atoms with van der Waals surface area (Å²) in [5, 5.41) is 9.05. The summed E-state index contributed by atoms with van der Waals surface area (Å²) in [6.45, 7) is -0.302. The average molecular weight is 242 g/mol. The van der Waals surface area contributed by atoms with Crippen molar-refractivity contribution < 1.29 is 14.7 Å². The Morgan fingerprint density at radius 2 is 2.00 bits per heavy atom. The van der Waals surface area contributed by atoms with Crippen LogP contribution in [0.5, 0.6) is 0 Å². The molecule has 5 heteroatoms. The van der Waals surface area contributed by atoms with Gasteiger partial charge in [-0.1, -0.05) is 29.8 Å². The second kappa shape index (κ2) is 5.51. The molecule has 0 heterocycles. The third kappa shape index (κ3) is 3.55. The number of amides is 1. The Morgan fingerprint density at radius 1 is 1.38 bits per heavy atom. The molecule has 4 nitrogen and oxygen atoms in total.